The molecular formula is C11H8F2O4. The standard InChI is InChI=1S/C11H8F2O4/c12-11(13)4-10(11,9(14)15)6-1-2-7-8(3-6)17-5-16-7/h1-3H,4-5H2,(H,14,15). The Kier molecular flexibility index (Phi) is 1.75. The van der Waals surface area contributed by atoms with Gasteiger partial charge in [-0.25, -0.2) is 8.78 Å². The van der Waals surface area contributed by atoms with E-state index in [4.69, 9.17) is 14.6 Å². The molecule has 1 aromatic carbocycles. The largest absolute Gasteiger partial charge is 0.480 e. The molecule has 1 N–H and O–H groups in total. The average Bonchev–Trinajstić information content (AvgIpc) is 2.67. The van der Waals surface area contributed by atoms with Gasteiger partial charge in [0.05, 0.1) is 0 Å². The van der Waals surface area contributed by atoms with Gasteiger partial charge >= 0.3 is 5.97 Å². The van der Waals surface area contributed by atoms with Gasteiger partial charge in [-0.1, -0.05) is 6.07 Å². The van der Waals surface area contributed by atoms with Gasteiger partial charge in [0.2, 0.25) is 6.79 Å². The van der Waals surface area contributed by atoms with Gasteiger partial charge in [-0.05, 0) is 17.7 Å². The molecule has 0 amide bonds. The first-order chi connectivity index (χ1) is 7.97. The maximum atomic E-state index is 13.3. The summed E-state index contributed by atoms with van der Waals surface area (Å²) < 4.78 is 36.7. The van der Waals surface area contributed by atoms with E-state index in [1.54, 1.807) is 0 Å². The van der Waals surface area contributed by atoms with Crippen LogP contribution in [0.1, 0.15) is 12.0 Å². The summed E-state index contributed by atoms with van der Waals surface area (Å²) in [6.07, 6.45) is -0.672. The number of rotatable bonds is 2. The van der Waals surface area contributed by atoms with E-state index < -0.39 is 23.7 Å². The molecule has 17 heavy (non-hydrogen) atoms. The quantitative estimate of drug-likeness (QED) is 0.858. The van der Waals surface area contributed by atoms with Gasteiger partial charge in [0, 0.05) is 6.42 Å². The fraction of sp³-hybridized carbons (Fsp3) is 0.364. The van der Waals surface area contributed by atoms with Crippen LogP contribution in [-0.2, 0) is 10.2 Å². The number of carbonyl (C=O) groups is 1. The van der Waals surface area contributed by atoms with Crippen LogP contribution in [0.2, 0.25) is 0 Å². The predicted molar refractivity (Wildman–Crippen MR) is 51.4 cm³/mol. The van der Waals surface area contributed by atoms with Gasteiger partial charge in [0.25, 0.3) is 5.92 Å². The molecular weight excluding hydrogens is 234 g/mol. The van der Waals surface area contributed by atoms with Crippen LogP contribution >= 0.6 is 0 Å². The lowest BCUT2D eigenvalue weighted by Gasteiger charge is -2.12. The zero-order valence-corrected chi connectivity index (χ0v) is 8.57. The highest BCUT2D eigenvalue weighted by atomic mass is 19.3. The van der Waals surface area contributed by atoms with E-state index in [-0.39, 0.29) is 12.4 Å². The zero-order valence-electron chi connectivity index (χ0n) is 8.57. The normalized spacial score (nSPS) is 27.9. The minimum Gasteiger partial charge on any atom is -0.480 e. The molecule has 1 aliphatic heterocycles. The molecule has 6 heteroatoms. The Hall–Kier alpha value is -1.85. The summed E-state index contributed by atoms with van der Waals surface area (Å²) >= 11 is 0. The second-order valence-corrected chi connectivity index (χ2v) is 4.16. The number of halogens is 2. The van der Waals surface area contributed by atoms with Gasteiger partial charge in [0.15, 0.2) is 16.9 Å². The minimum atomic E-state index is -3.20. The molecule has 1 fully saturated rings. The Morgan fingerprint density at radius 1 is 1.29 bits per heavy atom. The SMILES string of the molecule is O=C(O)C1(c2ccc3c(c2)OCO3)CC1(F)F. The summed E-state index contributed by atoms with van der Waals surface area (Å²) in [5.74, 6) is -3.96. The summed E-state index contributed by atoms with van der Waals surface area (Å²) in [6.45, 7) is 0.0231. The summed E-state index contributed by atoms with van der Waals surface area (Å²) in [5, 5.41) is 8.99. The Morgan fingerprint density at radius 2 is 1.94 bits per heavy atom. The second-order valence-electron chi connectivity index (χ2n) is 4.16. The van der Waals surface area contributed by atoms with E-state index in [1.165, 1.54) is 18.2 Å². The molecule has 1 saturated carbocycles. The van der Waals surface area contributed by atoms with Crippen LogP contribution in [0.5, 0.6) is 11.5 Å². The summed E-state index contributed by atoms with van der Waals surface area (Å²) in [5.41, 5.74) is -2.05. The van der Waals surface area contributed by atoms with Crippen LogP contribution in [-0.4, -0.2) is 23.8 Å². The number of aliphatic carboxylic acids is 1. The molecule has 1 unspecified atom stereocenters. The lowest BCUT2D eigenvalue weighted by molar-refractivity contribution is -0.142. The number of carboxylic acid groups (broad SMARTS) is 1. The molecule has 0 radical (unpaired) electrons. The van der Waals surface area contributed by atoms with Crippen molar-refractivity contribution in [2.75, 3.05) is 6.79 Å². The van der Waals surface area contributed by atoms with Gasteiger partial charge in [-0.3, -0.25) is 4.79 Å². The van der Waals surface area contributed by atoms with Crippen LogP contribution in [0, 0.1) is 0 Å². The highest BCUT2D eigenvalue weighted by molar-refractivity contribution is 5.88. The molecule has 0 saturated heterocycles. The van der Waals surface area contributed by atoms with Crippen molar-refractivity contribution in [3.63, 3.8) is 0 Å². The van der Waals surface area contributed by atoms with Crippen molar-refractivity contribution in [2.45, 2.75) is 17.8 Å². The Labute approximate surface area is 94.8 Å². The lowest BCUT2D eigenvalue weighted by atomic mass is 9.95. The Balaban J connectivity index is 2.08. The van der Waals surface area contributed by atoms with Crippen LogP contribution < -0.4 is 9.47 Å². The number of hydrogen-bond acceptors (Lipinski definition) is 3. The van der Waals surface area contributed by atoms with Crippen molar-refractivity contribution in [3.8, 4) is 11.5 Å². The lowest BCUT2D eigenvalue weighted by Crippen LogP contribution is -2.26. The fourth-order valence-electron chi connectivity index (χ4n) is 2.12. The first kappa shape index (κ1) is 10.3. The van der Waals surface area contributed by atoms with Gasteiger partial charge in [0.1, 0.15) is 0 Å². The first-order valence-corrected chi connectivity index (χ1v) is 4.99. The van der Waals surface area contributed by atoms with Crippen LogP contribution in [0.15, 0.2) is 18.2 Å². The summed E-state index contributed by atoms with van der Waals surface area (Å²) in [4.78, 5) is 11.0. The number of benzene rings is 1. The van der Waals surface area contributed by atoms with Crippen molar-refractivity contribution in [3.05, 3.63) is 23.8 Å². The number of ether oxygens (including phenoxy) is 2. The van der Waals surface area contributed by atoms with E-state index in [1.807, 2.05) is 0 Å². The van der Waals surface area contributed by atoms with E-state index >= 15 is 0 Å². The number of fused-ring (bicyclic) bond motifs is 1. The third-order valence-electron chi connectivity index (χ3n) is 3.22. The molecule has 0 bridgehead atoms. The number of alkyl halides is 2. The van der Waals surface area contributed by atoms with Gasteiger partial charge < -0.3 is 14.6 Å². The van der Waals surface area contributed by atoms with Crippen LogP contribution in [0.25, 0.3) is 0 Å². The van der Waals surface area contributed by atoms with Crippen molar-refractivity contribution in [1.29, 1.82) is 0 Å². The van der Waals surface area contributed by atoms with Crippen molar-refractivity contribution < 1.29 is 28.2 Å². The molecule has 1 aromatic rings. The first-order valence-electron chi connectivity index (χ1n) is 4.99. The Morgan fingerprint density at radius 3 is 2.53 bits per heavy atom. The predicted octanol–water partition coefficient (Wildman–Crippen LogP) is 1.78. The molecule has 1 aliphatic carbocycles. The fourth-order valence-corrected chi connectivity index (χ4v) is 2.12. The number of carboxylic acids is 1. The van der Waals surface area contributed by atoms with E-state index in [0.29, 0.717) is 11.5 Å². The monoisotopic (exact) mass is 242 g/mol. The molecule has 1 heterocycles. The van der Waals surface area contributed by atoms with Gasteiger partial charge in [-0.2, -0.15) is 0 Å². The molecule has 3 rings (SSSR count). The van der Waals surface area contributed by atoms with Crippen molar-refractivity contribution in [2.24, 2.45) is 0 Å². The van der Waals surface area contributed by atoms with E-state index in [2.05, 4.69) is 0 Å². The molecule has 4 nitrogen and oxygen atoms in total. The molecule has 90 valence electrons. The average molecular weight is 242 g/mol. The van der Waals surface area contributed by atoms with Crippen molar-refractivity contribution >= 4 is 5.97 Å². The van der Waals surface area contributed by atoms with E-state index in [0.717, 1.165) is 0 Å². The summed E-state index contributed by atoms with van der Waals surface area (Å²) in [6, 6.07) is 4.12. The number of hydrogen-bond donors (Lipinski definition) is 1. The van der Waals surface area contributed by atoms with Gasteiger partial charge in [-0.15, -0.1) is 0 Å². The minimum absolute atomic E-state index is 0.0231. The van der Waals surface area contributed by atoms with Crippen LogP contribution in [0.4, 0.5) is 8.78 Å². The maximum absolute atomic E-state index is 13.3. The second kappa shape index (κ2) is 2.88. The topological polar surface area (TPSA) is 55.8 Å². The highest BCUT2D eigenvalue weighted by Crippen LogP contribution is 2.62. The maximum Gasteiger partial charge on any atom is 0.320 e. The van der Waals surface area contributed by atoms with Crippen LogP contribution in [0.3, 0.4) is 0 Å². The third-order valence-corrected chi connectivity index (χ3v) is 3.22. The third kappa shape index (κ3) is 1.18. The smallest absolute Gasteiger partial charge is 0.320 e. The molecule has 1 atom stereocenters. The summed E-state index contributed by atoms with van der Waals surface area (Å²) in [7, 11) is 0. The van der Waals surface area contributed by atoms with E-state index in [9.17, 15) is 13.6 Å². The highest BCUT2D eigenvalue weighted by Gasteiger charge is 2.77. The Bertz CT molecular complexity index is 514. The molecule has 0 aromatic heterocycles. The van der Waals surface area contributed by atoms with Crippen molar-refractivity contribution in [1.82, 2.24) is 0 Å². The molecule has 0 spiro atoms. The zero-order chi connectivity index (χ0) is 12.3. The molecule has 2 aliphatic rings.